The maximum atomic E-state index is 5.59. The molecule has 0 bridgehead atoms. The van der Waals surface area contributed by atoms with Crippen LogP contribution in [0.3, 0.4) is 0 Å². The van der Waals surface area contributed by atoms with Gasteiger partial charge in [-0.25, -0.2) is 0 Å². The molecular weight excluding hydrogens is 458 g/mol. The van der Waals surface area contributed by atoms with E-state index in [-0.39, 0.29) is 0 Å². The highest BCUT2D eigenvalue weighted by molar-refractivity contribution is 6.02. The third-order valence-corrected chi connectivity index (χ3v) is 6.82. The molecule has 0 saturated heterocycles. The topological polar surface area (TPSA) is 103 Å². The average molecular weight is 508 g/mol. The third-order valence-electron chi connectivity index (χ3n) is 6.82. The van der Waals surface area contributed by atoms with Crippen LogP contribution in [0.2, 0.25) is 0 Å². The van der Waals surface area contributed by atoms with Crippen molar-refractivity contribution in [2.45, 2.75) is 25.8 Å². The van der Waals surface area contributed by atoms with Crippen LogP contribution < -0.4 is 32.7 Å². The molecule has 0 unspecified atom stereocenters. The van der Waals surface area contributed by atoms with Crippen molar-refractivity contribution in [3.8, 4) is 0 Å². The van der Waals surface area contributed by atoms with E-state index in [0.717, 1.165) is 104 Å². The molecule has 37 heavy (non-hydrogen) atoms. The van der Waals surface area contributed by atoms with Crippen LogP contribution in [-0.4, -0.2) is 83.4 Å². The van der Waals surface area contributed by atoms with Crippen molar-refractivity contribution in [3.63, 3.8) is 0 Å². The van der Waals surface area contributed by atoms with Gasteiger partial charge in [0.25, 0.3) is 0 Å². The summed E-state index contributed by atoms with van der Waals surface area (Å²) in [5.74, 6) is 0. The second kappa shape index (κ2) is 18.2. The summed E-state index contributed by atoms with van der Waals surface area (Å²) in [4.78, 5) is 2.53. The van der Waals surface area contributed by atoms with E-state index >= 15 is 0 Å². The van der Waals surface area contributed by atoms with Gasteiger partial charge in [0.2, 0.25) is 0 Å². The number of rotatable bonds is 21. The smallest absolute Gasteiger partial charge is 0.0217 e. The number of nitrogens with one attached hydrogen (secondary N) is 4. The standard InChI is InChI=1S/C30H49N7/c31-12-5-14-33-18-21-37(22-19-34-15-6-13-32)23-20-35-16-7-17-36-25-30-28-10-3-1-8-26(28)24-27-9-2-4-11-29(27)30/h1-4,8-11,24,33-36H,5-7,12-23,25,31-32H2. The summed E-state index contributed by atoms with van der Waals surface area (Å²) in [6.45, 7) is 12.6. The Bertz CT molecular complexity index is 942. The summed E-state index contributed by atoms with van der Waals surface area (Å²) in [7, 11) is 0. The number of hydrogen-bond donors (Lipinski definition) is 6. The molecule has 8 N–H and O–H groups in total. The van der Waals surface area contributed by atoms with Crippen LogP contribution in [0, 0.1) is 0 Å². The summed E-state index contributed by atoms with van der Waals surface area (Å²) in [5, 5.41) is 19.7. The highest BCUT2D eigenvalue weighted by atomic mass is 15.2. The van der Waals surface area contributed by atoms with E-state index in [9.17, 15) is 0 Å². The second-order valence-electron chi connectivity index (χ2n) is 9.70. The fourth-order valence-corrected chi connectivity index (χ4v) is 4.73. The van der Waals surface area contributed by atoms with Gasteiger partial charge in [0, 0.05) is 45.8 Å². The summed E-state index contributed by atoms with van der Waals surface area (Å²) in [6.07, 6.45) is 3.18. The van der Waals surface area contributed by atoms with E-state index in [4.69, 9.17) is 11.5 Å². The average Bonchev–Trinajstić information content (AvgIpc) is 2.93. The first-order valence-corrected chi connectivity index (χ1v) is 14.2. The molecule has 0 aliphatic heterocycles. The Morgan fingerprint density at radius 3 is 1.51 bits per heavy atom. The molecule has 0 atom stereocenters. The molecule has 0 aromatic heterocycles. The number of hydrogen-bond acceptors (Lipinski definition) is 7. The first-order chi connectivity index (χ1) is 18.3. The lowest BCUT2D eigenvalue weighted by Crippen LogP contribution is -2.41. The molecule has 7 heteroatoms. The fraction of sp³-hybridized carbons (Fsp3) is 0.533. The summed E-state index contributed by atoms with van der Waals surface area (Å²) in [5.41, 5.74) is 12.6. The zero-order chi connectivity index (χ0) is 26.0. The van der Waals surface area contributed by atoms with E-state index in [1.54, 1.807) is 0 Å². The van der Waals surface area contributed by atoms with Gasteiger partial charge in [0.1, 0.15) is 0 Å². The van der Waals surface area contributed by atoms with E-state index in [1.165, 1.54) is 27.1 Å². The molecule has 0 fully saturated rings. The highest BCUT2D eigenvalue weighted by Gasteiger charge is 2.07. The second-order valence-corrected chi connectivity index (χ2v) is 9.70. The first kappa shape index (κ1) is 29.5. The van der Waals surface area contributed by atoms with Gasteiger partial charge in [0.15, 0.2) is 0 Å². The lowest BCUT2D eigenvalue weighted by molar-refractivity contribution is 0.272. The van der Waals surface area contributed by atoms with Crippen LogP contribution in [0.15, 0.2) is 54.6 Å². The first-order valence-electron chi connectivity index (χ1n) is 14.2. The molecule has 0 saturated carbocycles. The van der Waals surface area contributed by atoms with Crippen molar-refractivity contribution in [1.82, 2.24) is 26.2 Å². The molecule has 204 valence electrons. The van der Waals surface area contributed by atoms with E-state index in [2.05, 4.69) is 80.8 Å². The van der Waals surface area contributed by atoms with Crippen LogP contribution in [0.5, 0.6) is 0 Å². The Morgan fingerprint density at radius 1 is 0.541 bits per heavy atom. The van der Waals surface area contributed by atoms with Gasteiger partial charge in [-0.1, -0.05) is 48.5 Å². The third kappa shape index (κ3) is 10.7. The number of fused-ring (bicyclic) bond motifs is 2. The van der Waals surface area contributed by atoms with Crippen LogP contribution >= 0.6 is 0 Å². The fourth-order valence-electron chi connectivity index (χ4n) is 4.73. The van der Waals surface area contributed by atoms with Gasteiger partial charge >= 0.3 is 0 Å². The lowest BCUT2D eigenvalue weighted by Gasteiger charge is -2.23. The molecule has 3 aromatic carbocycles. The van der Waals surface area contributed by atoms with Gasteiger partial charge in [-0.05, 0) is 91.7 Å². The molecule has 0 amide bonds. The molecule has 7 nitrogen and oxygen atoms in total. The van der Waals surface area contributed by atoms with E-state index in [1.807, 2.05) is 0 Å². The molecular formula is C30H49N7. The maximum Gasteiger partial charge on any atom is 0.0217 e. The Balaban J connectivity index is 1.35. The zero-order valence-electron chi connectivity index (χ0n) is 22.6. The van der Waals surface area contributed by atoms with Crippen molar-refractivity contribution in [2.24, 2.45) is 11.5 Å². The van der Waals surface area contributed by atoms with Gasteiger partial charge in [-0.15, -0.1) is 0 Å². The van der Waals surface area contributed by atoms with Crippen LogP contribution in [0.4, 0.5) is 0 Å². The van der Waals surface area contributed by atoms with Gasteiger partial charge in [0.05, 0.1) is 0 Å². The zero-order valence-corrected chi connectivity index (χ0v) is 22.6. The Kier molecular flexibility index (Phi) is 14.5. The minimum atomic E-state index is 0.749. The van der Waals surface area contributed by atoms with Crippen molar-refractivity contribution in [1.29, 1.82) is 0 Å². The number of nitrogens with two attached hydrogens (primary N) is 2. The van der Waals surface area contributed by atoms with Crippen molar-refractivity contribution in [2.75, 3.05) is 78.5 Å². The van der Waals surface area contributed by atoms with Gasteiger partial charge < -0.3 is 32.7 Å². The SMILES string of the molecule is NCCCNCCN(CCNCCCN)CCNCCCNCc1c2ccccc2cc2ccccc12. The Morgan fingerprint density at radius 2 is 1.00 bits per heavy atom. The maximum absolute atomic E-state index is 5.59. The lowest BCUT2D eigenvalue weighted by atomic mass is 9.97. The minimum absolute atomic E-state index is 0.749. The quantitative estimate of drug-likeness (QED) is 0.0971. The van der Waals surface area contributed by atoms with Crippen molar-refractivity contribution >= 4 is 21.5 Å². The highest BCUT2D eigenvalue weighted by Crippen LogP contribution is 2.28. The monoisotopic (exact) mass is 507 g/mol. The van der Waals surface area contributed by atoms with E-state index < -0.39 is 0 Å². The largest absolute Gasteiger partial charge is 0.330 e. The van der Waals surface area contributed by atoms with Crippen molar-refractivity contribution in [3.05, 3.63) is 60.2 Å². The predicted octanol–water partition coefficient (Wildman–Crippen LogP) is 2.24. The minimum Gasteiger partial charge on any atom is -0.330 e. The Hall–Kier alpha value is -2.10. The van der Waals surface area contributed by atoms with Gasteiger partial charge in [-0.2, -0.15) is 0 Å². The molecule has 0 aliphatic rings. The molecule has 3 rings (SSSR count). The number of nitrogens with zero attached hydrogens (tertiary/aromatic N) is 1. The molecule has 0 aliphatic carbocycles. The Labute approximate surface area is 223 Å². The molecule has 0 radical (unpaired) electrons. The van der Waals surface area contributed by atoms with Crippen LogP contribution in [0.25, 0.3) is 21.5 Å². The molecule has 3 aromatic rings. The molecule has 0 heterocycles. The van der Waals surface area contributed by atoms with Crippen molar-refractivity contribution < 1.29 is 0 Å². The summed E-state index contributed by atoms with van der Waals surface area (Å²) < 4.78 is 0. The number of benzene rings is 3. The van der Waals surface area contributed by atoms with Crippen LogP contribution in [-0.2, 0) is 6.54 Å². The van der Waals surface area contributed by atoms with Crippen LogP contribution in [0.1, 0.15) is 24.8 Å². The molecule has 0 spiro atoms. The van der Waals surface area contributed by atoms with Gasteiger partial charge in [-0.3, -0.25) is 4.90 Å². The normalized spacial score (nSPS) is 11.8. The summed E-state index contributed by atoms with van der Waals surface area (Å²) in [6, 6.07) is 19.7. The predicted molar refractivity (Wildman–Crippen MR) is 160 cm³/mol. The summed E-state index contributed by atoms with van der Waals surface area (Å²) >= 11 is 0. The van der Waals surface area contributed by atoms with E-state index in [0.29, 0.717) is 0 Å².